The molecule has 1 aliphatic rings. The van der Waals surface area contributed by atoms with Gasteiger partial charge in [-0.05, 0) is 12.1 Å². The summed E-state index contributed by atoms with van der Waals surface area (Å²) < 4.78 is 36.4. The van der Waals surface area contributed by atoms with E-state index >= 15 is 0 Å². The van der Waals surface area contributed by atoms with Gasteiger partial charge in [0.25, 0.3) is 15.9 Å². The maximum Gasteiger partial charge on any atom is 0.328 e. The van der Waals surface area contributed by atoms with E-state index in [1.54, 1.807) is 18.2 Å². The molecule has 28 heavy (non-hydrogen) atoms. The van der Waals surface area contributed by atoms with Crippen LogP contribution in [0.4, 0.5) is 0 Å². The van der Waals surface area contributed by atoms with Crippen molar-refractivity contribution in [2.45, 2.75) is 11.5 Å². The van der Waals surface area contributed by atoms with Crippen LogP contribution in [0.1, 0.15) is 11.5 Å². The highest BCUT2D eigenvalue weighted by atomic mass is 32.2. The quantitative estimate of drug-likeness (QED) is 0.646. The van der Waals surface area contributed by atoms with Gasteiger partial charge in [-0.3, -0.25) is 14.5 Å². The van der Waals surface area contributed by atoms with Gasteiger partial charge in [-0.25, -0.2) is 8.42 Å². The number of rotatable bonds is 5. The zero-order chi connectivity index (χ0) is 19.6. The Kier molecular flexibility index (Phi) is 4.62. The molecule has 0 fully saturated rings. The lowest BCUT2D eigenvalue weighted by atomic mass is 10.2. The molecule has 0 amide bonds. The van der Waals surface area contributed by atoms with Gasteiger partial charge in [0.05, 0.1) is 4.90 Å². The number of sulfonamides is 1. The van der Waals surface area contributed by atoms with Crippen LogP contribution < -0.4 is 4.72 Å². The van der Waals surface area contributed by atoms with E-state index in [9.17, 15) is 13.2 Å². The third-order valence-electron chi connectivity index (χ3n) is 3.89. The highest BCUT2D eigenvalue weighted by Gasteiger charge is 2.30. The number of fused-ring (bicyclic) bond motifs is 1. The summed E-state index contributed by atoms with van der Waals surface area (Å²) in [5.41, 5.74) is 1.20. The molecule has 3 aromatic rings. The predicted molar refractivity (Wildman–Crippen MR) is 97.7 cm³/mol. The summed E-state index contributed by atoms with van der Waals surface area (Å²) in [6.07, 6.45) is 0. The molecule has 0 bridgehead atoms. The summed E-state index contributed by atoms with van der Waals surface area (Å²) in [6.45, 7) is -0.558. The SMILES string of the molecule is O=C(CN=C1NS(=O)(=O)c2ccccc21)OCc1nc(-c2ccccc2)no1. The Bertz CT molecular complexity index is 1160. The number of ether oxygens (including phenoxy) is 1. The van der Waals surface area contributed by atoms with E-state index < -0.39 is 16.0 Å². The number of nitrogens with one attached hydrogen (secondary N) is 1. The van der Waals surface area contributed by atoms with Gasteiger partial charge in [0, 0.05) is 11.1 Å². The highest BCUT2D eigenvalue weighted by Crippen LogP contribution is 2.22. The second kappa shape index (κ2) is 7.24. The van der Waals surface area contributed by atoms with Gasteiger partial charge in [0.1, 0.15) is 12.4 Å². The van der Waals surface area contributed by atoms with Crippen molar-refractivity contribution in [3.63, 3.8) is 0 Å². The van der Waals surface area contributed by atoms with Gasteiger partial charge in [-0.15, -0.1) is 0 Å². The number of aromatic nitrogens is 2. The molecule has 1 N–H and O–H groups in total. The van der Waals surface area contributed by atoms with Crippen molar-refractivity contribution in [1.29, 1.82) is 0 Å². The molecule has 1 aliphatic heterocycles. The lowest BCUT2D eigenvalue weighted by Crippen LogP contribution is -2.23. The van der Waals surface area contributed by atoms with E-state index in [1.807, 2.05) is 30.3 Å². The summed E-state index contributed by atoms with van der Waals surface area (Å²) in [5, 5.41) is 3.83. The Morgan fingerprint density at radius 1 is 1.11 bits per heavy atom. The number of carbonyl (C=O) groups excluding carboxylic acids is 1. The fourth-order valence-electron chi connectivity index (χ4n) is 2.60. The Morgan fingerprint density at radius 2 is 1.86 bits per heavy atom. The molecule has 10 heteroatoms. The summed E-state index contributed by atoms with van der Waals surface area (Å²) >= 11 is 0. The van der Waals surface area contributed by atoms with Gasteiger partial charge >= 0.3 is 5.97 Å². The van der Waals surface area contributed by atoms with Crippen LogP contribution in [0.25, 0.3) is 11.4 Å². The first-order chi connectivity index (χ1) is 13.5. The van der Waals surface area contributed by atoms with Gasteiger partial charge < -0.3 is 9.26 Å². The summed E-state index contributed by atoms with van der Waals surface area (Å²) in [4.78, 5) is 20.2. The lowest BCUT2D eigenvalue weighted by Gasteiger charge is -2.00. The average molecular weight is 398 g/mol. The fraction of sp³-hybridized carbons (Fsp3) is 0.111. The summed E-state index contributed by atoms with van der Waals surface area (Å²) in [5.74, 6) is -0.0112. The highest BCUT2D eigenvalue weighted by molar-refractivity contribution is 7.90. The zero-order valence-electron chi connectivity index (χ0n) is 14.4. The third kappa shape index (κ3) is 3.62. The van der Waals surface area contributed by atoms with Crippen LogP contribution >= 0.6 is 0 Å². The number of carbonyl (C=O) groups is 1. The molecule has 0 unspecified atom stereocenters. The minimum atomic E-state index is -3.65. The van der Waals surface area contributed by atoms with E-state index in [4.69, 9.17) is 9.26 Å². The number of hydrogen-bond acceptors (Lipinski definition) is 8. The number of nitrogens with zero attached hydrogens (tertiary/aromatic N) is 3. The first-order valence-corrected chi connectivity index (χ1v) is 9.71. The molecular formula is C18H14N4O5S. The number of aliphatic imine (C=N–C) groups is 1. The van der Waals surface area contributed by atoms with Crippen LogP contribution in [0, 0.1) is 0 Å². The van der Waals surface area contributed by atoms with Crippen LogP contribution in [0.5, 0.6) is 0 Å². The second-order valence-corrected chi connectivity index (χ2v) is 7.46. The van der Waals surface area contributed by atoms with Gasteiger partial charge in [0.2, 0.25) is 5.82 Å². The maximum absolute atomic E-state index is 12.0. The summed E-state index contributed by atoms with van der Waals surface area (Å²) in [7, 11) is -3.65. The normalized spacial score (nSPS) is 15.8. The van der Waals surface area contributed by atoms with Crippen molar-refractivity contribution in [2.75, 3.05) is 6.54 Å². The standard InChI is InChI=1S/C18H14N4O5S/c23-16(10-19-18-13-8-4-5-9-14(13)28(24,25)22-18)26-11-15-20-17(21-27-15)12-6-2-1-3-7-12/h1-9H,10-11H2,(H,19,22). The largest absolute Gasteiger partial charge is 0.454 e. The fourth-order valence-corrected chi connectivity index (χ4v) is 3.85. The number of amidine groups is 1. The van der Waals surface area contributed by atoms with E-state index in [0.29, 0.717) is 11.4 Å². The van der Waals surface area contributed by atoms with E-state index in [-0.39, 0.29) is 29.8 Å². The van der Waals surface area contributed by atoms with Gasteiger partial charge in [-0.2, -0.15) is 4.98 Å². The maximum atomic E-state index is 12.0. The van der Waals surface area contributed by atoms with E-state index in [1.165, 1.54) is 6.07 Å². The third-order valence-corrected chi connectivity index (χ3v) is 5.28. The molecule has 0 radical (unpaired) electrons. The van der Waals surface area contributed by atoms with Crippen molar-refractivity contribution in [3.8, 4) is 11.4 Å². The number of esters is 1. The molecule has 0 saturated carbocycles. The van der Waals surface area contributed by atoms with Crippen LogP contribution in [-0.4, -0.2) is 36.9 Å². The predicted octanol–water partition coefficient (Wildman–Crippen LogP) is 1.52. The number of hydrogen-bond donors (Lipinski definition) is 1. The molecule has 1 aromatic heterocycles. The zero-order valence-corrected chi connectivity index (χ0v) is 15.2. The van der Waals surface area contributed by atoms with Crippen LogP contribution in [0.15, 0.2) is 69.0 Å². The minimum Gasteiger partial charge on any atom is -0.454 e. The number of benzene rings is 2. The van der Waals surface area contributed by atoms with Gasteiger partial charge in [0.15, 0.2) is 6.61 Å². The first-order valence-electron chi connectivity index (χ1n) is 8.23. The summed E-state index contributed by atoms with van der Waals surface area (Å²) in [6, 6.07) is 15.6. The molecule has 142 valence electrons. The van der Waals surface area contributed by atoms with Crippen molar-refractivity contribution in [2.24, 2.45) is 4.99 Å². The Hall–Kier alpha value is -3.53. The van der Waals surface area contributed by atoms with Gasteiger partial charge in [-0.1, -0.05) is 47.6 Å². The molecule has 2 heterocycles. The molecule has 0 saturated heterocycles. The molecule has 0 spiro atoms. The van der Waals surface area contributed by atoms with Crippen molar-refractivity contribution in [3.05, 3.63) is 66.1 Å². The second-order valence-electron chi connectivity index (χ2n) is 5.80. The first kappa shape index (κ1) is 17.9. The van der Waals surface area contributed by atoms with E-state index in [0.717, 1.165) is 5.56 Å². The van der Waals surface area contributed by atoms with Crippen molar-refractivity contribution < 1.29 is 22.5 Å². The van der Waals surface area contributed by atoms with Crippen LogP contribution in [0.2, 0.25) is 0 Å². The Balaban J connectivity index is 1.37. The van der Waals surface area contributed by atoms with Crippen LogP contribution in [0.3, 0.4) is 0 Å². The molecule has 0 aliphatic carbocycles. The lowest BCUT2D eigenvalue weighted by molar-refractivity contribution is -0.143. The molecule has 9 nitrogen and oxygen atoms in total. The topological polar surface area (TPSA) is 124 Å². The molecule has 4 rings (SSSR count). The molecule has 2 aromatic carbocycles. The van der Waals surface area contributed by atoms with E-state index in [2.05, 4.69) is 19.9 Å². The monoisotopic (exact) mass is 398 g/mol. The minimum absolute atomic E-state index is 0.108. The van der Waals surface area contributed by atoms with Crippen LogP contribution in [-0.2, 0) is 26.2 Å². The van der Waals surface area contributed by atoms with Crippen molar-refractivity contribution >= 4 is 21.8 Å². The van der Waals surface area contributed by atoms with Crippen molar-refractivity contribution in [1.82, 2.24) is 14.9 Å². The Morgan fingerprint density at radius 3 is 2.68 bits per heavy atom. The smallest absolute Gasteiger partial charge is 0.328 e. The molecule has 0 atom stereocenters. The average Bonchev–Trinajstić information content (AvgIpc) is 3.28. The Labute approximate surface area is 160 Å². The molecular weight excluding hydrogens is 384 g/mol.